The Bertz CT molecular complexity index is 758. The lowest BCUT2D eigenvalue weighted by Gasteiger charge is -2.25. The van der Waals surface area contributed by atoms with Crippen molar-refractivity contribution in [3.05, 3.63) is 46.5 Å². The molecule has 0 bridgehead atoms. The van der Waals surface area contributed by atoms with Crippen LogP contribution < -0.4 is 0 Å². The highest BCUT2D eigenvalue weighted by molar-refractivity contribution is 5.86. The van der Waals surface area contributed by atoms with E-state index in [1.165, 1.54) is 30.9 Å². The van der Waals surface area contributed by atoms with Crippen molar-refractivity contribution in [1.82, 2.24) is 0 Å². The Labute approximate surface area is 129 Å². The molecule has 0 fully saturated rings. The Morgan fingerprint density at radius 1 is 1.23 bits per heavy atom. The third-order valence-electron chi connectivity index (χ3n) is 4.76. The van der Waals surface area contributed by atoms with Crippen molar-refractivity contribution in [1.29, 1.82) is 5.26 Å². The Hall–Kier alpha value is -1.95. The molecule has 2 aromatic rings. The Morgan fingerprint density at radius 3 is 2.77 bits per heavy atom. The van der Waals surface area contributed by atoms with Crippen molar-refractivity contribution in [2.75, 3.05) is 0 Å². The first-order chi connectivity index (χ1) is 10.6. The van der Waals surface area contributed by atoms with Crippen LogP contribution in [0.5, 0.6) is 0 Å². The number of aryl methyl sites for hydroxylation is 1. The van der Waals surface area contributed by atoms with E-state index in [4.69, 9.17) is 5.26 Å². The fourth-order valence-corrected chi connectivity index (χ4v) is 3.50. The fraction of sp³-hybridized carbons (Fsp3) is 0.421. The summed E-state index contributed by atoms with van der Waals surface area (Å²) in [6.45, 7) is 2.20. The Morgan fingerprint density at radius 2 is 2.05 bits per heavy atom. The normalized spacial score (nSPS) is 17.3. The molecule has 22 heavy (non-hydrogen) atoms. The van der Waals surface area contributed by atoms with Crippen LogP contribution in [0.2, 0.25) is 0 Å². The molecule has 0 radical (unpaired) electrons. The van der Waals surface area contributed by atoms with Crippen molar-refractivity contribution < 1.29 is 8.78 Å². The van der Waals surface area contributed by atoms with Gasteiger partial charge in [0.15, 0.2) is 5.82 Å². The largest absolute Gasteiger partial charge is 0.205 e. The van der Waals surface area contributed by atoms with Crippen LogP contribution >= 0.6 is 0 Å². The first kappa shape index (κ1) is 15.0. The molecule has 1 nitrogen and oxygen atoms in total. The van der Waals surface area contributed by atoms with Crippen LogP contribution in [0.25, 0.3) is 10.8 Å². The van der Waals surface area contributed by atoms with Gasteiger partial charge in [-0.05, 0) is 53.8 Å². The molecular weight excluding hydrogens is 280 g/mol. The number of halogens is 2. The van der Waals surface area contributed by atoms with Gasteiger partial charge in [-0.1, -0.05) is 32.3 Å². The second-order valence-corrected chi connectivity index (χ2v) is 6.25. The summed E-state index contributed by atoms with van der Waals surface area (Å²) in [5, 5.41) is 9.81. The number of fused-ring (bicyclic) bond motifs is 2. The Balaban J connectivity index is 2.03. The second kappa shape index (κ2) is 6.04. The number of unbranched alkanes of at least 4 members (excludes halogenated alkanes) is 1. The monoisotopic (exact) mass is 299 g/mol. The highest BCUT2D eigenvalue weighted by Crippen LogP contribution is 2.33. The Kier molecular flexibility index (Phi) is 4.11. The van der Waals surface area contributed by atoms with Crippen molar-refractivity contribution in [3.63, 3.8) is 0 Å². The van der Waals surface area contributed by atoms with Crippen LogP contribution in [0.1, 0.15) is 49.3 Å². The summed E-state index contributed by atoms with van der Waals surface area (Å²) in [7, 11) is 0. The average molecular weight is 299 g/mol. The molecule has 0 saturated heterocycles. The van der Waals surface area contributed by atoms with Crippen molar-refractivity contribution in [2.45, 2.75) is 45.4 Å². The van der Waals surface area contributed by atoms with Gasteiger partial charge >= 0.3 is 0 Å². The van der Waals surface area contributed by atoms with E-state index in [0.29, 0.717) is 16.7 Å². The van der Waals surface area contributed by atoms with Crippen LogP contribution in [0.3, 0.4) is 0 Å². The number of nitrogens with zero attached hydrogens (tertiary/aromatic N) is 1. The molecule has 3 heteroatoms. The molecule has 1 atom stereocenters. The number of nitriles is 1. The van der Waals surface area contributed by atoms with Gasteiger partial charge in [0.25, 0.3) is 0 Å². The lowest BCUT2D eigenvalue weighted by molar-refractivity contribution is 0.413. The molecule has 0 spiro atoms. The SMILES string of the molecule is CCCCC1CCc2cc3c(F)c(C#N)c(F)cc3cc2C1. The zero-order valence-corrected chi connectivity index (χ0v) is 12.8. The number of hydrogen-bond donors (Lipinski definition) is 0. The molecule has 2 aromatic carbocycles. The third-order valence-corrected chi connectivity index (χ3v) is 4.76. The molecule has 0 aromatic heterocycles. The van der Waals surface area contributed by atoms with Crippen LogP contribution in [0.4, 0.5) is 8.78 Å². The summed E-state index contributed by atoms with van der Waals surface area (Å²) in [6.07, 6.45) is 6.74. The topological polar surface area (TPSA) is 23.8 Å². The quantitative estimate of drug-likeness (QED) is 0.756. The predicted octanol–water partition coefficient (Wildman–Crippen LogP) is 5.28. The minimum Gasteiger partial charge on any atom is -0.205 e. The molecule has 1 aliphatic rings. The first-order valence-corrected chi connectivity index (χ1v) is 7.97. The third kappa shape index (κ3) is 2.59. The zero-order valence-electron chi connectivity index (χ0n) is 12.8. The van der Waals surface area contributed by atoms with Gasteiger partial charge in [0.2, 0.25) is 0 Å². The maximum atomic E-state index is 14.3. The van der Waals surface area contributed by atoms with E-state index in [1.54, 1.807) is 6.07 Å². The predicted molar refractivity (Wildman–Crippen MR) is 83.6 cm³/mol. The van der Waals surface area contributed by atoms with E-state index in [-0.39, 0.29) is 0 Å². The van der Waals surface area contributed by atoms with E-state index < -0.39 is 17.2 Å². The van der Waals surface area contributed by atoms with Crippen LogP contribution in [0.15, 0.2) is 18.2 Å². The number of benzene rings is 2. The maximum Gasteiger partial charge on any atom is 0.151 e. The molecular formula is C19H19F2N. The van der Waals surface area contributed by atoms with E-state index in [0.717, 1.165) is 24.8 Å². The van der Waals surface area contributed by atoms with Crippen molar-refractivity contribution >= 4 is 10.8 Å². The maximum absolute atomic E-state index is 14.3. The number of rotatable bonds is 3. The van der Waals surface area contributed by atoms with Gasteiger partial charge < -0.3 is 0 Å². The van der Waals surface area contributed by atoms with Gasteiger partial charge in [0.05, 0.1) is 0 Å². The summed E-state index contributed by atoms with van der Waals surface area (Å²) in [5.74, 6) is -0.822. The van der Waals surface area contributed by atoms with E-state index in [1.807, 2.05) is 12.1 Å². The summed E-state index contributed by atoms with van der Waals surface area (Å²) < 4.78 is 28.1. The van der Waals surface area contributed by atoms with Crippen molar-refractivity contribution in [2.24, 2.45) is 5.92 Å². The van der Waals surface area contributed by atoms with Crippen LogP contribution in [-0.4, -0.2) is 0 Å². The summed E-state index contributed by atoms with van der Waals surface area (Å²) in [6, 6.07) is 6.63. The smallest absolute Gasteiger partial charge is 0.151 e. The zero-order chi connectivity index (χ0) is 15.7. The first-order valence-electron chi connectivity index (χ1n) is 7.97. The van der Waals surface area contributed by atoms with E-state index in [2.05, 4.69) is 6.92 Å². The molecule has 1 aliphatic carbocycles. The summed E-state index contributed by atoms with van der Waals surface area (Å²) >= 11 is 0. The average Bonchev–Trinajstić information content (AvgIpc) is 2.51. The van der Waals surface area contributed by atoms with Crippen LogP contribution in [0, 0.1) is 28.9 Å². The molecule has 0 N–H and O–H groups in total. The summed E-state index contributed by atoms with van der Waals surface area (Å²) in [5.41, 5.74) is 1.88. The summed E-state index contributed by atoms with van der Waals surface area (Å²) in [4.78, 5) is 0. The molecule has 3 rings (SSSR count). The molecule has 1 unspecified atom stereocenters. The lowest BCUT2D eigenvalue weighted by Crippen LogP contribution is -2.14. The second-order valence-electron chi connectivity index (χ2n) is 6.25. The minimum atomic E-state index is -0.772. The highest BCUT2D eigenvalue weighted by Gasteiger charge is 2.21. The lowest BCUT2D eigenvalue weighted by atomic mass is 9.80. The molecule has 114 valence electrons. The van der Waals surface area contributed by atoms with Gasteiger partial charge in [0.1, 0.15) is 17.4 Å². The molecule has 0 saturated carbocycles. The molecule has 0 amide bonds. The highest BCUT2D eigenvalue weighted by atomic mass is 19.1. The van der Waals surface area contributed by atoms with Gasteiger partial charge in [-0.3, -0.25) is 0 Å². The number of hydrogen-bond acceptors (Lipinski definition) is 1. The van der Waals surface area contributed by atoms with Gasteiger partial charge in [-0.15, -0.1) is 0 Å². The minimum absolute atomic E-state index is 0.365. The molecule has 0 aliphatic heterocycles. The fourth-order valence-electron chi connectivity index (χ4n) is 3.50. The van der Waals surface area contributed by atoms with E-state index >= 15 is 0 Å². The van der Waals surface area contributed by atoms with E-state index in [9.17, 15) is 8.78 Å². The standard InChI is InChI=1S/C19H19F2N/c1-2-3-4-12-5-6-13-9-16-15(8-14(13)7-12)10-18(20)17(11-22)19(16)21/h8-10,12H,2-7H2,1H3. The van der Waals surface area contributed by atoms with Gasteiger partial charge in [-0.25, -0.2) is 8.78 Å². The molecule has 0 heterocycles. The van der Waals surface area contributed by atoms with Gasteiger partial charge in [-0.2, -0.15) is 5.26 Å². The van der Waals surface area contributed by atoms with Gasteiger partial charge in [0, 0.05) is 5.39 Å². The van der Waals surface area contributed by atoms with Crippen molar-refractivity contribution in [3.8, 4) is 6.07 Å². The van der Waals surface area contributed by atoms with Crippen LogP contribution in [-0.2, 0) is 12.8 Å².